The lowest BCUT2D eigenvalue weighted by atomic mass is 10.1. The number of aromatic nitrogens is 3. The summed E-state index contributed by atoms with van der Waals surface area (Å²) in [5.41, 5.74) is 3.49. The van der Waals surface area contributed by atoms with Crippen LogP contribution in [0.4, 0.5) is 0 Å². The lowest BCUT2D eigenvalue weighted by Crippen LogP contribution is -2.15. The highest BCUT2D eigenvalue weighted by atomic mass is 15.4. The zero-order valence-electron chi connectivity index (χ0n) is 11.3. The van der Waals surface area contributed by atoms with Crippen molar-refractivity contribution in [2.45, 2.75) is 45.2 Å². The highest BCUT2D eigenvalue weighted by Crippen LogP contribution is 2.19. The number of benzene rings is 1. The van der Waals surface area contributed by atoms with Gasteiger partial charge in [0.2, 0.25) is 0 Å². The van der Waals surface area contributed by atoms with Gasteiger partial charge in [-0.15, -0.1) is 5.10 Å². The Balaban J connectivity index is 1.77. The van der Waals surface area contributed by atoms with Crippen LogP contribution in [-0.4, -0.2) is 21.0 Å². The molecule has 1 saturated carbocycles. The maximum absolute atomic E-state index is 4.25. The van der Waals surface area contributed by atoms with E-state index in [1.807, 2.05) is 10.9 Å². The molecule has 4 nitrogen and oxygen atoms in total. The molecular formula is C15H20N4. The van der Waals surface area contributed by atoms with Crippen molar-refractivity contribution in [1.82, 2.24) is 20.3 Å². The fourth-order valence-corrected chi connectivity index (χ4v) is 2.25. The highest BCUT2D eigenvalue weighted by molar-refractivity contribution is 5.40. The number of hydrogen-bond donors (Lipinski definition) is 1. The van der Waals surface area contributed by atoms with Crippen LogP contribution in [0.5, 0.6) is 0 Å². The molecule has 3 rings (SSSR count). The minimum absolute atomic E-state index is 0.706. The molecule has 19 heavy (non-hydrogen) atoms. The van der Waals surface area contributed by atoms with Crippen molar-refractivity contribution in [2.75, 3.05) is 0 Å². The van der Waals surface area contributed by atoms with E-state index >= 15 is 0 Å². The van der Waals surface area contributed by atoms with Crippen molar-refractivity contribution in [3.63, 3.8) is 0 Å². The minimum atomic E-state index is 0.706. The van der Waals surface area contributed by atoms with E-state index in [0.29, 0.717) is 6.04 Å². The predicted molar refractivity (Wildman–Crippen MR) is 75.2 cm³/mol. The zero-order chi connectivity index (χ0) is 13.1. The van der Waals surface area contributed by atoms with Gasteiger partial charge in [0.15, 0.2) is 0 Å². The molecule has 0 radical (unpaired) electrons. The van der Waals surface area contributed by atoms with Crippen molar-refractivity contribution < 1.29 is 0 Å². The molecule has 0 aliphatic heterocycles. The molecule has 1 aliphatic carbocycles. The van der Waals surface area contributed by atoms with Crippen LogP contribution in [0.2, 0.25) is 0 Å². The second kappa shape index (κ2) is 5.53. The number of rotatable bonds is 6. The van der Waals surface area contributed by atoms with Gasteiger partial charge in [-0.3, -0.25) is 0 Å². The van der Waals surface area contributed by atoms with Gasteiger partial charge in [-0.1, -0.05) is 36.8 Å². The zero-order valence-corrected chi connectivity index (χ0v) is 11.3. The normalized spacial score (nSPS) is 14.8. The maximum atomic E-state index is 4.25. The SMILES string of the molecule is CCCc1ccccc1-n1cc(CNC2CC2)nn1. The van der Waals surface area contributed by atoms with Gasteiger partial charge in [-0.2, -0.15) is 0 Å². The molecule has 100 valence electrons. The molecular weight excluding hydrogens is 236 g/mol. The Kier molecular flexibility index (Phi) is 3.60. The molecule has 0 saturated heterocycles. The molecule has 1 fully saturated rings. The molecule has 0 spiro atoms. The van der Waals surface area contributed by atoms with Crippen LogP contribution in [0, 0.1) is 0 Å². The van der Waals surface area contributed by atoms with E-state index in [-0.39, 0.29) is 0 Å². The third kappa shape index (κ3) is 3.01. The predicted octanol–water partition coefficient (Wildman–Crippen LogP) is 2.47. The van der Waals surface area contributed by atoms with Gasteiger partial charge < -0.3 is 5.32 Å². The summed E-state index contributed by atoms with van der Waals surface area (Å²) < 4.78 is 1.90. The number of para-hydroxylation sites is 1. The summed E-state index contributed by atoms with van der Waals surface area (Å²) in [6.07, 6.45) is 6.85. The quantitative estimate of drug-likeness (QED) is 0.863. The van der Waals surface area contributed by atoms with Gasteiger partial charge in [-0.25, -0.2) is 4.68 Å². The maximum Gasteiger partial charge on any atom is 0.0969 e. The monoisotopic (exact) mass is 256 g/mol. The topological polar surface area (TPSA) is 42.7 Å². The largest absolute Gasteiger partial charge is 0.308 e. The average Bonchev–Trinajstić information content (AvgIpc) is 3.15. The minimum Gasteiger partial charge on any atom is -0.308 e. The Hall–Kier alpha value is -1.68. The number of hydrogen-bond acceptors (Lipinski definition) is 3. The van der Waals surface area contributed by atoms with E-state index in [0.717, 1.165) is 30.8 Å². The summed E-state index contributed by atoms with van der Waals surface area (Å²) in [6.45, 7) is 3.02. The van der Waals surface area contributed by atoms with E-state index in [4.69, 9.17) is 0 Å². The third-order valence-corrected chi connectivity index (χ3v) is 3.45. The van der Waals surface area contributed by atoms with E-state index in [1.54, 1.807) is 0 Å². The van der Waals surface area contributed by atoms with Crippen molar-refractivity contribution >= 4 is 0 Å². The molecule has 0 unspecified atom stereocenters. The van der Waals surface area contributed by atoms with Gasteiger partial charge in [0.25, 0.3) is 0 Å². The Morgan fingerprint density at radius 2 is 2.16 bits per heavy atom. The Bertz CT molecular complexity index is 543. The Labute approximate surface area is 113 Å². The molecule has 1 heterocycles. The molecule has 0 atom stereocenters. The smallest absolute Gasteiger partial charge is 0.0969 e. The van der Waals surface area contributed by atoms with E-state index in [1.165, 1.54) is 18.4 Å². The summed E-state index contributed by atoms with van der Waals surface area (Å²) in [6, 6.07) is 9.12. The summed E-state index contributed by atoms with van der Waals surface area (Å²) in [5, 5.41) is 12.0. The van der Waals surface area contributed by atoms with Gasteiger partial charge >= 0.3 is 0 Å². The molecule has 1 aliphatic rings. The number of nitrogens with zero attached hydrogens (tertiary/aromatic N) is 3. The first-order valence-electron chi connectivity index (χ1n) is 7.09. The highest BCUT2D eigenvalue weighted by Gasteiger charge is 2.20. The first-order chi connectivity index (χ1) is 9.36. The first kappa shape index (κ1) is 12.4. The third-order valence-electron chi connectivity index (χ3n) is 3.45. The Morgan fingerprint density at radius 1 is 1.32 bits per heavy atom. The van der Waals surface area contributed by atoms with Crippen LogP contribution >= 0.6 is 0 Å². The second-order valence-electron chi connectivity index (χ2n) is 5.19. The lowest BCUT2D eigenvalue weighted by Gasteiger charge is -2.07. The molecule has 1 aromatic heterocycles. The molecule has 1 aromatic carbocycles. The molecule has 0 amide bonds. The fraction of sp³-hybridized carbons (Fsp3) is 0.467. The summed E-state index contributed by atoms with van der Waals surface area (Å²) >= 11 is 0. The van der Waals surface area contributed by atoms with Gasteiger partial charge in [0.1, 0.15) is 0 Å². The van der Waals surface area contributed by atoms with Crippen molar-refractivity contribution in [3.8, 4) is 5.69 Å². The van der Waals surface area contributed by atoms with Crippen molar-refractivity contribution in [1.29, 1.82) is 0 Å². The first-order valence-corrected chi connectivity index (χ1v) is 7.09. The van der Waals surface area contributed by atoms with Gasteiger partial charge in [-0.05, 0) is 30.9 Å². The molecule has 0 bridgehead atoms. The van der Waals surface area contributed by atoms with E-state index in [2.05, 4.69) is 46.8 Å². The lowest BCUT2D eigenvalue weighted by molar-refractivity contribution is 0.671. The number of aryl methyl sites for hydroxylation is 1. The second-order valence-corrected chi connectivity index (χ2v) is 5.19. The average molecular weight is 256 g/mol. The number of nitrogens with one attached hydrogen (secondary N) is 1. The van der Waals surface area contributed by atoms with Crippen LogP contribution in [0.1, 0.15) is 37.4 Å². The van der Waals surface area contributed by atoms with Crippen LogP contribution in [0.3, 0.4) is 0 Å². The molecule has 1 N–H and O–H groups in total. The standard InChI is InChI=1S/C15H20N4/c1-2-5-12-6-3-4-7-15(12)19-11-14(17-18-19)10-16-13-8-9-13/h3-4,6-7,11,13,16H,2,5,8-10H2,1H3. The molecule has 2 aromatic rings. The van der Waals surface area contributed by atoms with Crippen molar-refractivity contribution in [2.24, 2.45) is 0 Å². The molecule has 4 heteroatoms. The van der Waals surface area contributed by atoms with Crippen LogP contribution in [0.15, 0.2) is 30.5 Å². The van der Waals surface area contributed by atoms with Gasteiger partial charge in [0.05, 0.1) is 17.6 Å². The van der Waals surface area contributed by atoms with Crippen LogP contribution in [0.25, 0.3) is 5.69 Å². The van der Waals surface area contributed by atoms with Crippen LogP contribution < -0.4 is 5.32 Å². The van der Waals surface area contributed by atoms with E-state index < -0.39 is 0 Å². The fourth-order valence-electron chi connectivity index (χ4n) is 2.25. The van der Waals surface area contributed by atoms with Gasteiger partial charge in [0, 0.05) is 12.6 Å². The summed E-state index contributed by atoms with van der Waals surface area (Å²) in [4.78, 5) is 0. The van der Waals surface area contributed by atoms with E-state index in [9.17, 15) is 0 Å². The Morgan fingerprint density at radius 3 is 2.95 bits per heavy atom. The van der Waals surface area contributed by atoms with Crippen molar-refractivity contribution in [3.05, 3.63) is 41.7 Å². The van der Waals surface area contributed by atoms with Crippen LogP contribution in [-0.2, 0) is 13.0 Å². The summed E-state index contributed by atoms with van der Waals surface area (Å²) in [7, 11) is 0. The summed E-state index contributed by atoms with van der Waals surface area (Å²) in [5.74, 6) is 0.